The highest BCUT2D eigenvalue weighted by atomic mass is 32.2. The van der Waals surface area contributed by atoms with Crippen LogP contribution in [0.15, 0.2) is 48.5 Å². The first-order valence-electron chi connectivity index (χ1n) is 8.64. The molecule has 0 saturated carbocycles. The van der Waals surface area contributed by atoms with Gasteiger partial charge in [-0.05, 0) is 42.5 Å². The summed E-state index contributed by atoms with van der Waals surface area (Å²) in [6, 6.07) is 14.5. The summed E-state index contributed by atoms with van der Waals surface area (Å²) in [6.07, 6.45) is 1.15. The molecule has 1 aliphatic heterocycles. The summed E-state index contributed by atoms with van der Waals surface area (Å²) in [4.78, 5) is 0. The van der Waals surface area contributed by atoms with E-state index in [1.807, 2.05) is 36.4 Å². The molecule has 0 bridgehead atoms. The molecule has 0 unspecified atom stereocenters. The highest BCUT2D eigenvalue weighted by Gasteiger charge is 2.50. The van der Waals surface area contributed by atoms with Gasteiger partial charge in [0.15, 0.2) is 0 Å². The number of alkyl halides is 3. The Morgan fingerprint density at radius 2 is 1.81 bits per heavy atom. The highest BCUT2D eigenvalue weighted by molar-refractivity contribution is 7.89. The lowest BCUT2D eigenvalue weighted by molar-refractivity contribution is -0.0491. The van der Waals surface area contributed by atoms with Gasteiger partial charge < -0.3 is 5.32 Å². The topological polar surface area (TPSA) is 49.4 Å². The highest BCUT2D eigenvalue weighted by Crippen LogP contribution is 2.33. The van der Waals surface area contributed by atoms with Crippen molar-refractivity contribution in [2.24, 2.45) is 0 Å². The van der Waals surface area contributed by atoms with Crippen LogP contribution >= 0.6 is 0 Å². The Morgan fingerprint density at radius 3 is 2.48 bits per heavy atom. The zero-order valence-electron chi connectivity index (χ0n) is 14.8. The Balaban J connectivity index is 1.90. The molecule has 8 heteroatoms. The molecule has 2 aromatic rings. The van der Waals surface area contributed by atoms with E-state index in [1.165, 1.54) is 0 Å². The Bertz CT molecular complexity index is 899. The zero-order valence-corrected chi connectivity index (χ0v) is 15.6. The van der Waals surface area contributed by atoms with Gasteiger partial charge in [-0.15, -0.1) is 0 Å². The zero-order chi connectivity index (χ0) is 19.7. The smallest absolute Gasteiger partial charge is 0.381 e. The summed E-state index contributed by atoms with van der Waals surface area (Å²) in [5.41, 5.74) is -2.24. The average Bonchev–Trinajstić information content (AvgIpc) is 2.80. The summed E-state index contributed by atoms with van der Waals surface area (Å²) >= 11 is 0. The minimum atomic E-state index is -5.40. The predicted octanol–water partition coefficient (Wildman–Crippen LogP) is 4.07. The van der Waals surface area contributed by atoms with E-state index in [-0.39, 0.29) is 13.1 Å². The summed E-state index contributed by atoms with van der Waals surface area (Å²) in [5, 5.41) is 3.25. The predicted molar refractivity (Wildman–Crippen MR) is 98.7 cm³/mol. The Labute approximate surface area is 157 Å². The molecule has 0 aliphatic carbocycles. The molecule has 1 heterocycles. The Morgan fingerprint density at radius 1 is 1.11 bits per heavy atom. The number of halogens is 3. The quantitative estimate of drug-likeness (QED) is 0.845. The maximum absolute atomic E-state index is 13.2. The molecule has 1 atom stereocenters. The molecule has 146 valence electrons. The van der Waals surface area contributed by atoms with Gasteiger partial charge in [0.25, 0.3) is 0 Å². The van der Waals surface area contributed by atoms with Gasteiger partial charge in [0.05, 0.1) is 0 Å². The van der Waals surface area contributed by atoms with E-state index in [0.717, 1.165) is 11.1 Å². The van der Waals surface area contributed by atoms with E-state index >= 15 is 0 Å². The summed E-state index contributed by atoms with van der Waals surface area (Å²) in [7, 11) is -5.40. The molecular weight excluding hydrogens is 377 g/mol. The van der Waals surface area contributed by atoms with Crippen molar-refractivity contribution in [3.05, 3.63) is 65.2 Å². The fraction of sp³-hybridized carbons (Fsp3) is 0.368. The Hall–Kier alpha value is -2.06. The molecule has 2 aromatic carbocycles. The van der Waals surface area contributed by atoms with Gasteiger partial charge >= 0.3 is 15.5 Å². The molecule has 27 heavy (non-hydrogen) atoms. The van der Waals surface area contributed by atoms with E-state index in [1.54, 1.807) is 19.1 Å². The molecule has 0 spiro atoms. The van der Waals surface area contributed by atoms with Crippen molar-refractivity contribution in [1.29, 1.82) is 0 Å². The number of rotatable bonds is 4. The lowest BCUT2D eigenvalue weighted by Crippen LogP contribution is -2.44. The van der Waals surface area contributed by atoms with E-state index in [0.29, 0.717) is 28.4 Å². The van der Waals surface area contributed by atoms with Crippen LogP contribution in [0.1, 0.15) is 23.1 Å². The molecule has 1 N–H and O–H groups in total. The van der Waals surface area contributed by atoms with Crippen molar-refractivity contribution in [2.75, 3.05) is 11.9 Å². The number of nitrogens with zero attached hydrogens (tertiary/aromatic N) is 1. The first kappa shape index (κ1) is 19.7. The molecule has 0 aromatic heterocycles. The van der Waals surface area contributed by atoms with Gasteiger partial charge in [-0.3, -0.25) is 0 Å². The van der Waals surface area contributed by atoms with Crippen molar-refractivity contribution < 1.29 is 21.6 Å². The number of anilines is 1. The normalized spacial score (nSPS) is 18.4. The van der Waals surface area contributed by atoms with Gasteiger partial charge in [0, 0.05) is 24.8 Å². The standard InChI is InChI=1S/C19H21F3N2O2S/c1-14-6-5-9-18-17(14)13-24(27(25,26)19(20,21)22)12-16(23-18)11-10-15-7-3-2-4-8-15/h2-9,16,23H,10-13H2,1H3/t16-/m0/s1. The molecule has 0 radical (unpaired) electrons. The minimum absolute atomic E-state index is 0.233. The summed E-state index contributed by atoms with van der Waals surface area (Å²) < 4.78 is 64.2. The van der Waals surface area contributed by atoms with E-state index in [9.17, 15) is 21.6 Å². The first-order chi connectivity index (χ1) is 12.7. The van der Waals surface area contributed by atoms with Crippen LogP contribution in [0.5, 0.6) is 0 Å². The molecular formula is C19H21F3N2O2S. The Kier molecular flexibility index (Phi) is 5.48. The van der Waals surface area contributed by atoms with Gasteiger partial charge in [-0.25, -0.2) is 8.42 Å². The van der Waals surface area contributed by atoms with Crippen LogP contribution < -0.4 is 5.32 Å². The molecule has 0 fully saturated rings. The van der Waals surface area contributed by atoms with E-state index in [2.05, 4.69) is 5.32 Å². The van der Waals surface area contributed by atoms with Crippen LogP contribution in [0, 0.1) is 6.92 Å². The summed E-state index contributed by atoms with van der Waals surface area (Å²) in [5.74, 6) is 0. The second-order valence-electron chi connectivity index (χ2n) is 6.71. The van der Waals surface area contributed by atoms with Crippen molar-refractivity contribution in [3.63, 3.8) is 0 Å². The van der Waals surface area contributed by atoms with E-state index in [4.69, 9.17) is 0 Å². The maximum Gasteiger partial charge on any atom is 0.511 e. The van der Waals surface area contributed by atoms with Crippen LogP contribution in [0.4, 0.5) is 18.9 Å². The number of fused-ring (bicyclic) bond motifs is 1. The minimum Gasteiger partial charge on any atom is -0.381 e. The van der Waals surface area contributed by atoms with Crippen molar-refractivity contribution in [1.82, 2.24) is 4.31 Å². The van der Waals surface area contributed by atoms with Crippen molar-refractivity contribution in [3.8, 4) is 0 Å². The van der Waals surface area contributed by atoms with Crippen LogP contribution in [0.25, 0.3) is 0 Å². The lowest BCUT2D eigenvalue weighted by Gasteiger charge is -2.25. The second kappa shape index (κ2) is 7.52. The number of benzene rings is 2. The van der Waals surface area contributed by atoms with Gasteiger partial charge in [-0.1, -0.05) is 42.5 Å². The number of hydrogen-bond donors (Lipinski definition) is 1. The third kappa shape index (κ3) is 4.27. The van der Waals surface area contributed by atoms with Crippen molar-refractivity contribution in [2.45, 2.75) is 37.9 Å². The summed E-state index contributed by atoms with van der Waals surface area (Å²) in [6.45, 7) is 1.24. The largest absolute Gasteiger partial charge is 0.511 e. The maximum atomic E-state index is 13.2. The fourth-order valence-corrected chi connectivity index (χ4v) is 4.25. The molecule has 0 amide bonds. The van der Waals surface area contributed by atoms with Crippen molar-refractivity contribution >= 4 is 15.7 Å². The average molecular weight is 398 g/mol. The van der Waals surface area contributed by atoms with Crippen LogP contribution in [-0.2, 0) is 23.0 Å². The molecule has 0 saturated heterocycles. The third-order valence-electron chi connectivity index (χ3n) is 4.79. The van der Waals surface area contributed by atoms with Gasteiger partial charge in [0.1, 0.15) is 0 Å². The van der Waals surface area contributed by atoms with Crippen LogP contribution in [-0.4, -0.2) is 30.8 Å². The second-order valence-corrected chi connectivity index (χ2v) is 8.64. The SMILES string of the molecule is Cc1cccc2c1CN(S(=O)(=O)C(F)(F)F)C[C@H](CCc1ccccc1)N2. The third-order valence-corrected chi connectivity index (χ3v) is 6.33. The fourth-order valence-electron chi connectivity index (χ4n) is 3.28. The number of hydrogen-bond acceptors (Lipinski definition) is 3. The van der Waals surface area contributed by atoms with E-state index < -0.39 is 21.6 Å². The number of aryl methyl sites for hydroxylation is 2. The number of nitrogens with one attached hydrogen (secondary N) is 1. The number of sulfonamides is 1. The van der Waals surface area contributed by atoms with Crippen LogP contribution in [0.2, 0.25) is 0 Å². The lowest BCUT2D eigenvalue weighted by atomic mass is 10.0. The molecule has 3 rings (SSSR count). The van der Waals surface area contributed by atoms with Gasteiger partial charge in [-0.2, -0.15) is 17.5 Å². The monoisotopic (exact) mass is 398 g/mol. The molecule has 1 aliphatic rings. The first-order valence-corrected chi connectivity index (χ1v) is 10.1. The van der Waals surface area contributed by atoms with Gasteiger partial charge in [0.2, 0.25) is 0 Å². The van der Waals surface area contributed by atoms with Crippen LogP contribution in [0.3, 0.4) is 0 Å². The molecule has 4 nitrogen and oxygen atoms in total.